The minimum Gasteiger partial charge on any atom is -0.473 e. The van der Waals surface area contributed by atoms with Gasteiger partial charge in [-0.15, -0.1) is 0 Å². The van der Waals surface area contributed by atoms with Gasteiger partial charge in [-0.2, -0.15) is 0 Å². The number of benzene rings is 1. The molecular weight excluding hydrogens is 451 g/mol. The maximum atomic E-state index is 12.5. The molecule has 36 heavy (non-hydrogen) atoms. The average molecular weight is 491 g/mol. The van der Waals surface area contributed by atoms with Crippen LogP contribution in [0.15, 0.2) is 53.6 Å². The van der Waals surface area contributed by atoms with Crippen molar-refractivity contribution in [1.29, 1.82) is 0 Å². The summed E-state index contributed by atoms with van der Waals surface area (Å²) in [4.78, 5) is 13.3. The lowest BCUT2D eigenvalue weighted by Gasteiger charge is -2.70. The minimum atomic E-state index is -0.259. The van der Waals surface area contributed by atoms with Crippen LogP contribution in [0.1, 0.15) is 56.3 Å². The van der Waals surface area contributed by atoms with Crippen LogP contribution in [0.2, 0.25) is 0 Å². The molecular formula is C30H39FN4O. The number of para-hydroxylation sites is 1. The molecule has 2 bridgehead atoms. The highest BCUT2D eigenvalue weighted by Gasteiger charge is 2.63. The highest BCUT2D eigenvalue weighted by Crippen LogP contribution is 2.64. The highest BCUT2D eigenvalue weighted by atomic mass is 19.1. The Balaban J connectivity index is 1.23. The predicted octanol–water partition coefficient (Wildman–Crippen LogP) is 5.60. The lowest BCUT2D eigenvalue weighted by molar-refractivity contribution is -0.174. The lowest BCUT2D eigenvalue weighted by atomic mass is 9.48. The van der Waals surface area contributed by atoms with Crippen LogP contribution in [0.3, 0.4) is 0 Å². The van der Waals surface area contributed by atoms with E-state index in [-0.39, 0.29) is 18.8 Å². The summed E-state index contributed by atoms with van der Waals surface area (Å²) in [6.07, 6.45) is 10.8. The quantitative estimate of drug-likeness (QED) is 0.298. The third kappa shape index (κ3) is 4.03. The van der Waals surface area contributed by atoms with E-state index in [0.29, 0.717) is 23.9 Å². The molecule has 5 nitrogen and oxygen atoms in total. The van der Waals surface area contributed by atoms with Gasteiger partial charge in [0.25, 0.3) is 0 Å². The molecule has 1 saturated heterocycles. The third-order valence-corrected chi connectivity index (χ3v) is 9.06. The van der Waals surface area contributed by atoms with Crippen LogP contribution in [0.4, 0.5) is 4.39 Å². The molecule has 2 aliphatic heterocycles. The number of likely N-dealkylation sites (tertiary alicyclic amines) is 1. The fourth-order valence-corrected chi connectivity index (χ4v) is 7.30. The smallest absolute Gasteiger partial charge is 0.208 e. The Bertz CT molecular complexity index is 1180. The third-order valence-electron chi connectivity index (χ3n) is 9.06. The van der Waals surface area contributed by atoms with E-state index < -0.39 is 0 Å². The van der Waals surface area contributed by atoms with Crippen LogP contribution >= 0.6 is 0 Å². The van der Waals surface area contributed by atoms with E-state index in [2.05, 4.69) is 63.6 Å². The molecule has 3 heterocycles. The SMILES string of the molecule is C=C(/C=C\C(=N/C)O[C@@H]1CCN(CCCF)C1)[C@@H]1c2[nH]c3ccccc3c2C[C@@H](C)N1C12CC(C1)C2. The number of ether oxygens (including phenoxy) is 1. The van der Waals surface area contributed by atoms with Gasteiger partial charge in [0.15, 0.2) is 0 Å². The first kappa shape index (κ1) is 23.9. The topological polar surface area (TPSA) is 43.9 Å². The molecule has 0 spiro atoms. The number of aromatic amines is 1. The van der Waals surface area contributed by atoms with Gasteiger partial charge in [-0.25, -0.2) is 0 Å². The van der Waals surface area contributed by atoms with Crippen molar-refractivity contribution in [1.82, 2.24) is 14.8 Å². The van der Waals surface area contributed by atoms with Crippen LogP contribution in [-0.2, 0) is 11.2 Å². The summed E-state index contributed by atoms with van der Waals surface area (Å²) in [7, 11) is 1.78. The Hall–Kier alpha value is -2.44. The zero-order valence-electron chi connectivity index (χ0n) is 21.7. The summed E-state index contributed by atoms with van der Waals surface area (Å²) in [6.45, 7) is 9.33. The normalized spacial score (nSPS) is 32.5. The highest BCUT2D eigenvalue weighted by molar-refractivity contribution is 5.88. The molecule has 4 fully saturated rings. The first-order chi connectivity index (χ1) is 17.5. The monoisotopic (exact) mass is 490 g/mol. The summed E-state index contributed by atoms with van der Waals surface area (Å²) in [5, 5.41) is 1.34. The van der Waals surface area contributed by atoms with Gasteiger partial charge in [-0.1, -0.05) is 30.9 Å². The van der Waals surface area contributed by atoms with E-state index in [1.165, 1.54) is 41.4 Å². The molecule has 7 rings (SSSR count). The van der Waals surface area contributed by atoms with Crippen LogP contribution in [0.25, 0.3) is 10.9 Å². The van der Waals surface area contributed by atoms with Crippen molar-refractivity contribution in [3.8, 4) is 0 Å². The molecule has 6 heteroatoms. The molecule has 1 aromatic carbocycles. The van der Waals surface area contributed by atoms with E-state index in [1.54, 1.807) is 7.05 Å². The second kappa shape index (κ2) is 9.46. The largest absolute Gasteiger partial charge is 0.473 e. The number of hydrogen-bond donors (Lipinski definition) is 1. The molecule has 1 N–H and O–H groups in total. The van der Waals surface area contributed by atoms with E-state index in [9.17, 15) is 4.39 Å². The van der Waals surface area contributed by atoms with Gasteiger partial charge >= 0.3 is 0 Å². The Kier molecular flexibility index (Phi) is 6.29. The van der Waals surface area contributed by atoms with Crippen molar-refractivity contribution in [2.45, 2.75) is 69.2 Å². The number of nitrogens with zero attached hydrogens (tertiary/aromatic N) is 3. The van der Waals surface area contributed by atoms with Crippen molar-refractivity contribution in [2.24, 2.45) is 10.9 Å². The number of rotatable bonds is 8. The van der Waals surface area contributed by atoms with Crippen molar-refractivity contribution < 1.29 is 9.13 Å². The number of fused-ring (bicyclic) bond motifs is 3. The summed E-state index contributed by atoms with van der Waals surface area (Å²) >= 11 is 0. The van der Waals surface area contributed by atoms with Crippen LogP contribution < -0.4 is 0 Å². The standard InChI is InChI=1S/C30H39FN4O/c1-20(9-10-27(32-3)36-23-11-14-34(19-23)13-6-12-31)29-28-25(24-7-4-5-8-26(24)33-28)15-21(2)35(29)30-16-22(17-30)18-30/h4-5,7-10,21-23,29,33H,1,6,11-19H2,2-3H3/b10-9-,32-27+/t21-,22?,23-,29-,30?/m1/s1. The lowest BCUT2D eigenvalue weighted by Crippen LogP contribution is -2.71. The molecule has 1 aromatic heterocycles. The first-order valence-corrected chi connectivity index (χ1v) is 13.7. The Morgan fingerprint density at radius 1 is 1.28 bits per heavy atom. The Morgan fingerprint density at radius 2 is 2.08 bits per heavy atom. The van der Waals surface area contributed by atoms with E-state index >= 15 is 0 Å². The summed E-state index contributed by atoms with van der Waals surface area (Å²) < 4.78 is 18.8. The van der Waals surface area contributed by atoms with Crippen LogP contribution in [0.5, 0.6) is 0 Å². The summed E-state index contributed by atoms with van der Waals surface area (Å²) in [5.74, 6) is 1.57. The van der Waals surface area contributed by atoms with Crippen molar-refractivity contribution in [2.75, 3.05) is 33.4 Å². The fourth-order valence-electron chi connectivity index (χ4n) is 7.30. The molecule has 2 aromatic rings. The average Bonchev–Trinajstić information content (AvgIpc) is 3.42. The molecule has 3 saturated carbocycles. The van der Waals surface area contributed by atoms with Gasteiger partial charge in [-0.05, 0) is 68.6 Å². The molecule has 3 atom stereocenters. The first-order valence-electron chi connectivity index (χ1n) is 13.7. The van der Waals surface area contributed by atoms with E-state index in [4.69, 9.17) is 4.74 Å². The Morgan fingerprint density at radius 3 is 2.81 bits per heavy atom. The second-order valence-electron chi connectivity index (χ2n) is 11.5. The van der Waals surface area contributed by atoms with Gasteiger partial charge in [0.1, 0.15) is 6.10 Å². The molecule has 3 aliphatic carbocycles. The predicted molar refractivity (Wildman–Crippen MR) is 144 cm³/mol. The van der Waals surface area contributed by atoms with Crippen molar-refractivity contribution >= 4 is 16.8 Å². The van der Waals surface area contributed by atoms with E-state index in [0.717, 1.165) is 44.0 Å². The zero-order chi connectivity index (χ0) is 24.9. The molecule has 192 valence electrons. The maximum absolute atomic E-state index is 12.5. The molecule has 5 aliphatic rings. The second-order valence-corrected chi connectivity index (χ2v) is 11.5. The fraction of sp³-hybridized carbons (Fsp3) is 0.567. The van der Waals surface area contributed by atoms with Gasteiger partial charge in [0, 0.05) is 60.9 Å². The van der Waals surface area contributed by atoms with Crippen molar-refractivity contribution in [3.63, 3.8) is 0 Å². The Labute approximate surface area is 214 Å². The van der Waals surface area contributed by atoms with Gasteiger partial charge < -0.3 is 9.72 Å². The number of hydrogen-bond acceptors (Lipinski definition) is 4. The summed E-state index contributed by atoms with van der Waals surface area (Å²) in [6, 6.07) is 9.29. The molecule has 0 unspecified atom stereocenters. The maximum Gasteiger partial charge on any atom is 0.208 e. The minimum absolute atomic E-state index is 0.105. The van der Waals surface area contributed by atoms with Gasteiger partial charge in [0.05, 0.1) is 12.7 Å². The number of halogens is 1. The van der Waals surface area contributed by atoms with Crippen molar-refractivity contribution in [3.05, 3.63) is 59.8 Å². The van der Waals surface area contributed by atoms with Crippen LogP contribution in [-0.4, -0.2) is 71.7 Å². The summed E-state index contributed by atoms with van der Waals surface area (Å²) in [5.41, 5.74) is 5.39. The van der Waals surface area contributed by atoms with Crippen LogP contribution in [0, 0.1) is 5.92 Å². The molecule has 0 radical (unpaired) electrons. The number of aliphatic imine (C=N–C) groups is 1. The number of aromatic nitrogens is 1. The number of nitrogens with one attached hydrogen (secondary N) is 1. The molecule has 0 amide bonds. The van der Waals surface area contributed by atoms with E-state index in [1.807, 2.05) is 6.08 Å². The van der Waals surface area contributed by atoms with Gasteiger partial charge in [0.2, 0.25) is 5.90 Å². The number of H-pyrrole nitrogens is 1. The zero-order valence-corrected chi connectivity index (χ0v) is 21.7. The van der Waals surface area contributed by atoms with Gasteiger partial charge in [-0.3, -0.25) is 19.2 Å². The number of alkyl halides is 1.